The van der Waals surface area contributed by atoms with E-state index in [1.54, 1.807) is 36.5 Å². The Labute approximate surface area is 197 Å². The van der Waals surface area contributed by atoms with E-state index >= 15 is 0 Å². The summed E-state index contributed by atoms with van der Waals surface area (Å²) >= 11 is 0. The fourth-order valence-corrected chi connectivity index (χ4v) is 4.00. The van der Waals surface area contributed by atoms with Gasteiger partial charge in [0.2, 0.25) is 5.96 Å². The third kappa shape index (κ3) is 4.31. The maximum Gasteiger partial charge on any atom is 0.277 e. The second-order valence-corrected chi connectivity index (χ2v) is 8.62. The number of guanidine groups is 1. The van der Waals surface area contributed by atoms with Crippen molar-refractivity contribution in [3.05, 3.63) is 83.3 Å². The van der Waals surface area contributed by atoms with Crippen molar-refractivity contribution < 1.29 is 13.9 Å². The molecule has 0 radical (unpaired) electrons. The number of nitrogens with zero attached hydrogens (tertiary/aromatic N) is 4. The van der Waals surface area contributed by atoms with Crippen molar-refractivity contribution >= 4 is 17.9 Å². The molecule has 1 saturated heterocycles. The predicted molar refractivity (Wildman–Crippen MR) is 128 cm³/mol. The highest BCUT2D eigenvalue weighted by Crippen LogP contribution is 2.31. The Bertz CT molecular complexity index is 1290. The van der Waals surface area contributed by atoms with Gasteiger partial charge >= 0.3 is 0 Å². The van der Waals surface area contributed by atoms with Crippen molar-refractivity contribution in [2.75, 3.05) is 7.11 Å². The summed E-state index contributed by atoms with van der Waals surface area (Å²) in [6.45, 7) is 3.85. The number of hydrogen-bond acceptors (Lipinski definition) is 4. The molecule has 0 unspecified atom stereocenters. The number of carbonyl (C=O) groups excluding carboxylic acids is 1. The van der Waals surface area contributed by atoms with Crippen LogP contribution in [0, 0.1) is 12.7 Å². The van der Waals surface area contributed by atoms with Gasteiger partial charge in [-0.15, -0.1) is 0 Å². The van der Waals surface area contributed by atoms with Crippen molar-refractivity contribution in [3.8, 4) is 11.4 Å². The summed E-state index contributed by atoms with van der Waals surface area (Å²) in [5.41, 5.74) is 3.85. The van der Waals surface area contributed by atoms with Crippen LogP contribution in [0.5, 0.6) is 5.75 Å². The van der Waals surface area contributed by atoms with E-state index in [9.17, 15) is 9.18 Å². The van der Waals surface area contributed by atoms with Gasteiger partial charge < -0.3 is 14.6 Å². The van der Waals surface area contributed by atoms with Crippen LogP contribution >= 0.6 is 0 Å². The lowest BCUT2D eigenvalue weighted by Crippen LogP contribution is -2.35. The van der Waals surface area contributed by atoms with Crippen LogP contribution in [0.3, 0.4) is 0 Å². The Balaban J connectivity index is 1.47. The molecule has 7 nitrogen and oxygen atoms in total. The minimum Gasteiger partial charge on any atom is -0.495 e. The van der Waals surface area contributed by atoms with Gasteiger partial charge in [-0.25, -0.2) is 14.4 Å². The Morgan fingerprint density at radius 3 is 2.65 bits per heavy atom. The number of hydrogen-bond donors (Lipinski definition) is 1. The normalized spacial score (nSPS) is 19.1. The molecule has 5 rings (SSSR count). The largest absolute Gasteiger partial charge is 0.495 e. The summed E-state index contributed by atoms with van der Waals surface area (Å²) in [6, 6.07) is 11.9. The highest BCUT2D eigenvalue weighted by atomic mass is 19.1. The number of ether oxygens (including phenoxy) is 1. The van der Waals surface area contributed by atoms with Gasteiger partial charge in [0.05, 0.1) is 36.9 Å². The molecule has 1 aromatic heterocycles. The first-order valence-corrected chi connectivity index (χ1v) is 11.3. The van der Waals surface area contributed by atoms with E-state index in [-0.39, 0.29) is 23.8 Å². The Kier molecular flexibility index (Phi) is 5.65. The molecule has 0 spiro atoms. The molecule has 1 amide bonds. The number of rotatable bonds is 6. The second kappa shape index (κ2) is 8.78. The molecule has 8 heteroatoms. The van der Waals surface area contributed by atoms with Gasteiger partial charge in [-0.3, -0.25) is 9.69 Å². The highest BCUT2D eigenvalue weighted by Gasteiger charge is 2.37. The van der Waals surface area contributed by atoms with E-state index < -0.39 is 0 Å². The average Bonchev–Trinajstić information content (AvgIpc) is 3.46. The van der Waals surface area contributed by atoms with E-state index in [0.717, 1.165) is 35.3 Å². The lowest BCUT2D eigenvalue weighted by atomic mass is 10.1. The summed E-state index contributed by atoms with van der Waals surface area (Å²) in [5.74, 6) is 0.718. The number of methoxy groups -OCH3 is 1. The number of nitrogens with one attached hydrogen (secondary N) is 1. The first kappa shape index (κ1) is 21.9. The standard InChI is InChI=1S/C26H26FN5O2/c1-16-14-31(15-28-16)23-11-4-18(13-24(23)34-3)12-22-25(33)32(26(30-22)29-21-9-10-21)17(2)19-5-7-20(27)8-6-19/h4-8,11-15,17,21H,9-10H2,1-3H3,(H,29,30)/t17-/m0/s1. The lowest BCUT2D eigenvalue weighted by molar-refractivity contribution is -0.123. The first-order chi connectivity index (χ1) is 16.4. The molecule has 2 heterocycles. The molecular formula is C26H26FN5O2. The van der Waals surface area contributed by atoms with Crippen LogP contribution < -0.4 is 10.1 Å². The van der Waals surface area contributed by atoms with E-state index in [4.69, 9.17) is 9.73 Å². The van der Waals surface area contributed by atoms with Crippen LogP contribution in [-0.4, -0.2) is 39.5 Å². The molecule has 174 valence electrons. The van der Waals surface area contributed by atoms with Crippen molar-refractivity contribution in [2.24, 2.45) is 4.99 Å². The number of aryl methyl sites for hydroxylation is 1. The van der Waals surface area contributed by atoms with Crippen LogP contribution in [0.4, 0.5) is 4.39 Å². The van der Waals surface area contributed by atoms with Gasteiger partial charge in [-0.1, -0.05) is 18.2 Å². The monoisotopic (exact) mass is 459 g/mol. The van der Waals surface area contributed by atoms with Crippen LogP contribution in [-0.2, 0) is 4.79 Å². The molecule has 1 saturated carbocycles. The first-order valence-electron chi connectivity index (χ1n) is 11.3. The summed E-state index contributed by atoms with van der Waals surface area (Å²) in [5, 5.41) is 3.22. The number of aliphatic imine (C=N–C) groups is 1. The number of amides is 1. The molecule has 1 aliphatic carbocycles. The summed E-state index contributed by atoms with van der Waals surface area (Å²) in [7, 11) is 1.62. The number of imidazole rings is 1. The highest BCUT2D eigenvalue weighted by molar-refractivity contribution is 6.15. The molecule has 34 heavy (non-hydrogen) atoms. The Hall–Kier alpha value is -3.94. The van der Waals surface area contributed by atoms with Crippen molar-refractivity contribution in [1.29, 1.82) is 0 Å². The van der Waals surface area contributed by atoms with Crippen LogP contribution in [0.25, 0.3) is 11.8 Å². The van der Waals surface area contributed by atoms with E-state index in [1.807, 2.05) is 42.8 Å². The van der Waals surface area contributed by atoms with Gasteiger partial charge in [0.1, 0.15) is 17.3 Å². The number of benzene rings is 2. The molecule has 2 aromatic carbocycles. The molecule has 2 fully saturated rings. The fourth-order valence-electron chi connectivity index (χ4n) is 4.00. The predicted octanol–water partition coefficient (Wildman–Crippen LogP) is 4.38. The number of aromatic nitrogens is 2. The maximum atomic E-state index is 13.4. The van der Waals surface area contributed by atoms with Gasteiger partial charge in [-0.2, -0.15) is 0 Å². The molecule has 1 atom stereocenters. The molecule has 2 aliphatic rings. The third-order valence-electron chi connectivity index (χ3n) is 6.02. The molecule has 1 N–H and O–H groups in total. The molecular weight excluding hydrogens is 433 g/mol. The summed E-state index contributed by atoms with van der Waals surface area (Å²) in [4.78, 5) is 24.1. The summed E-state index contributed by atoms with van der Waals surface area (Å²) < 4.78 is 20.9. The smallest absolute Gasteiger partial charge is 0.277 e. The fraction of sp³-hybridized carbons (Fsp3) is 0.269. The molecule has 1 aliphatic heterocycles. The second-order valence-electron chi connectivity index (χ2n) is 8.62. The minimum absolute atomic E-state index is 0.176. The van der Waals surface area contributed by atoms with E-state index in [2.05, 4.69) is 10.3 Å². The zero-order valence-corrected chi connectivity index (χ0v) is 19.3. The zero-order chi connectivity index (χ0) is 23.8. The zero-order valence-electron chi connectivity index (χ0n) is 19.3. The van der Waals surface area contributed by atoms with Crippen molar-refractivity contribution in [1.82, 2.24) is 19.8 Å². The van der Waals surface area contributed by atoms with Crippen molar-refractivity contribution in [3.63, 3.8) is 0 Å². The van der Waals surface area contributed by atoms with Crippen LogP contribution in [0.15, 0.2) is 65.7 Å². The molecule has 3 aromatic rings. The average molecular weight is 460 g/mol. The van der Waals surface area contributed by atoms with Gasteiger partial charge in [0, 0.05) is 6.20 Å². The summed E-state index contributed by atoms with van der Waals surface area (Å²) in [6.07, 6.45) is 7.50. The Morgan fingerprint density at radius 2 is 2.00 bits per heavy atom. The third-order valence-corrected chi connectivity index (χ3v) is 6.02. The topological polar surface area (TPSA) is 71.8 Å². The Morgan fingerprint density at radius 1 is 1.24 bits per heavy atom. The van der Waals surface area contributed by atoms with E-state index in [0.29, 0.717) is 17.4 Å². The maximum absolute atomic E-state index is 13.4. The van der Waals surface area contributed by atoms with E-state index in [1.165, 1.54) is 12.1 Å². The SMILES string of the molecule is COc1cc(C=C2NC(=NC3CC3)N([C@@H](C)c3ccc(F)cc3)C2=O)ccc1-n1cnc(C)c1. The van der Waals surface area contributed by atoms with Gasteiger partial charge in [0.25, 0.3) is 5.91 Å². The van der Waals surface area contributed by atoms with Crippen LogP contribution in [0.2, 0.25) is 0 Å². The lowest BCUT2D eigenvalue weighted by Gasteiger charge is -2.23. The number of halogens is 1. The molecule has 0 bridgehead atoms. The van der Waals surface area contributed by atoms with Gasteiger partial charge in [0.15, 0.2) is 0 Å². The van der Waals surface area contributed by atoms with Gasteiger partial charge in [-0.05, 0) is 68.2 Å². The minimum atomic E-state index is -0.308. The quantitative estimate of drug-likeness (QED) is 0.556. The van der Waals surface area contributed by atoms with Crippen molar-refractivity contribution in [2.45, 2.75) is 38.8 Å². The van der Waals surface area contributed by atoms with Crippen LogP contribution in [0.1, 0.15) is 42.6 Å². The number of carbonyl (C=O) groups is 1.